The lowest BCUT2D eigenvalue weighted by Gasteiger charge is -2.56. The maximum atomic E-state index is 14.0. The van der Waals surface area contributed by atoms with Crippen molar-refractivity contribution in [2.75, 3.05) is 27.3 Å². The molecule has 1 aromatic rings. The number of primary amides is 1. The summed E-state index contributed by atoms with van der Waals surface area (Å²) >= 11 is 0. The van der Waals surface area contributed by atoms with Crippen LogP contribution in [0.3, 0.4) is 0 Å². The van der Waals surface area contributed by atoms with E-state index in [0.29, 0.717) is 18.8 Å². The number of fused-ring (bicyclic) bond motifs is 3. The second-order valence-corrected chi connectivity index (χ2v) is 10.4. The predicted molar refractivity (Wildman–Crippen MR) is 129 cm³/mol. The van der Waals surface area contributed by atoms with Crippen LogP contribution in [0.25, 0.3) is 5.76 Å². The number of amides is 1. The van der Waals surface area contributed by atoms with Gasteiger partial charge in [-0.1, -0.05) is 6.07 Å². The van der Waals surface area contributed by atoms with E-state index in [1.807, 2.05) is 0 Å². The number of carbonyl (C=O) groups is 3. The summed E-state index contributed by atoms with van der Waals surface area (Å²) in [5.41, 5.74) is 6.75. The number of phenols is 1. The number of nitrogens with zero attached hydrogens (tertiary/aromatic N) is 2. The highest BCUT2D eigenvalue weighted by molar-refractivity contribution is 6.34. The maximum absolute atomic E-state index is 14.0. The number of hydrogen-bond acceptors (Lipinski definition) is 11. The normalized spacial score (nSPS) is 33.4. The molecule has 1 saturated heterocycles. The highest BCUT2D eigenvalue weighted by Gasteiger charge is 2.72. The smallest absolute Gasteiger partial charge is 0.254 e. The van der Waals surface area contributed by atoms with Crippen LogP contribution < -0.4 is 11.5 Å². The lowest BCUT2D eigenvalue weighted by atomic mass is 9.53. The van der Waals surface area contributed by atoms with Crippen molar-refractivity contribution in [1.29, 1.82) is 0 Å². The molecule has 7 N–H and O–H groups in total. The van der Waals surface area contributed by atoms with Gasteiger partial charge in [-0.3, -0.25) is 19.3 Å². The van der Waals surface area contributed by atoms with Gasteiger partial charge in [0.2, 0.25) is 17.2 Å². The molecule has 0 bridgehead atoms. The van der Waals surface area contributed by atoms with Crippen molar-refractivity contribution in [1.82, 2.24) is 4.90 Å². The number of rotatable bonds is 4. The van der Waals surface area contributed by atoms with Crippen LogP contribution in [-0.4, -0.2) is 82.2 Å². The molecule has 196 valence electrons. The van der Waals surface area contributed by atoms with Crippen molar-refractivity contribution < 1.29 is 34.4 Å². The Morgan fingerprint density at radius 2 is 1.89 bits per heavy atom. The first kappa shape index (κ1) is 25.2. The third kappa shape index (κ3) is 3.13. The van der Waals surface area contributed by atoms with Crippen molar-refractivity contribution in [2.45, 2.75) is 42.4 Å². The summed E-state index contributed by atoms with van der Waals surface area (Å²) in [7, 11) is 3.00. The van der Waals surface area contributed by atoms with E-state index in [1.54, 1.807) is 6.07 Å². The van der Waals surface area contributed by atoms with Crippen LogP contribution in [0.4, 0.5) is 0 Å². The molecule has 0 aromatic heterocycles. The first-order valence-corrected chi connectivity index (χ1v) is 11.9. The second kappa shape index (κ2) is 8.28. The number of benzene rings is 1. The van der Waals surface area contributed by atoms with E-state index in [2.05, 4.69) is 5.18 Å². The van der Waals surface area contributed by atoms with Gasteiger partial charge < -0.3 is 31.5 Å². The zero-order valence-corrected chi connectivity index (χ0v) is 20.4. The van der Waals surface area contributed by atoms with Crippen LogP contribution in [0, 0.1) is 10.8 Å². The quantitative estimate of drug-likeness (QED) is 0.203. The fourth-order valence-corrected chi connectivity index (χ4v) is 6.74. The van der Waals surface area contributed by atoms with Crippen molar-refractivity contribution >= 4 is 23.2 Å². The summed E-state index contributed by atoms with van der Waals surface area (Å²) in [6.07, 6.45) is 0.690. The number of ketones is 2. The van der Waals surface area contributed by atoms with E-state index in [4.69, 9.17) is 16.2 Å². The number of ether oxygens (including phenoxy) is 1. The SMILES string of the molecule is CN(C)[C@@H]1C(N=O)=C(C(N)=O)C(=O)[C@@]2(O)C(=O)C3=C(O)c4c(O)ccc(C5CCOC5)c4C[C@H]3C[C@@]12N. The Bertz CT molecular complexity index is 1330. The largest absolute Gasteiger partial charge is 0.507 e. The van der Waals surface area contributed by atoms with Crippen molar-refractivity contribution in [3.05, 3.63) is 50.6 Å². The Morgan fingerprint density at radius 3 is 2.46 bits per heavy atom. The molecule has 1 saturated carbocycles. The Balaban J connectivity index is 1.76. The third-order valence-corrected chi connectivity index (χ3v) is 8.30. The number of aliphatic hydroxyl groups is 2. The second-order valence-electron chi connectivity index (χ2n) is 10.4. The average Bonchev–Trinajstić information content (AvgIpc) is 3.35. The van der Waals surface area contributed by atoms with Gasteiger partial charge in [-0.15, -0.1) is 4.91 Å². The van der Waals surface area contributed by atoms with E-state index in [-0.39, 0.29) is 35.6 Å². The maximum Gasteiger partial charge on any atom is 0.254 e. The summed E-state index contributed by atoms with van der Waals surface area (Å²) in [4.78, 5) is 52.9. The Hall–Kier alpha value is -3.45. The topological polar surface area (TPSA) is 206 Å². The highest BCUT2D eigenvalue weighted by Crippen LogP contribution is 2.54. The summed E-state index contributed by atoms with van der Waals surface area (Å²) in [6, 6.07) is 1.85. The molecular formula is C25H28N4O8. The predicted octanol–water partition coefficient (Wildman–Crippen LogP) is -0.242. The van der Waals surface area contributed by atoms with Gasteiger partial charge >= 0.3 is 0 Å². The van der Waals surface area contributed by atoms with E-state index < -0.39 is 57.6 Å². The molecule has 2 fully saturated rings. The van der Waals surface area contributed by atoms with Crippen LogP contribution in [0.1, 0.15) is 35.4 Å². The van der Waals surface area contributed by atoms with Gasteiger partial charge in [0.25, 0.3) is 5.91 Å². The molecule has 1 heterocycles. The minimum atomic E-state index is -3.02. The molecular weight excluding hydrogens is 484 g/mol. The molecule has 1 aromatic carbocycles. The lowest BCUT2D eigenvalue weighted by molar-refractivity contribution is -0.164. The van der Waals surface area contributed by atoms with Gasteiger partial charge in [0.05, 0.1) is 23.8 Å². The molecule has 0 spiro atoms. The molecule has 12 nitrogen and oxygen atoms in total. The Kier molecular flexibility index (Phi) is 5.64. The van der Waals surface area contributed by atoms with Gasteiger partial charge in [-0.2, -0.15) is 0 Å². The number of hydrogen-bond donors (Lipinski definition) is 5. The van der Waals surface area contributed by atoms with Gasteiger partial charge in [-0.05, 0) is 61.6 Å². The van der Waals surface area contributed by atoms with Crippen LogP contribution >= 0.6 is 0 Å². The molecule has 37 heavy (non-hydrogen) atoms. The minimum absolute atomic E-state index is 0.0180. The standard InChI is InChI=1S/C25H28N4O8/c1-29(2)20-18(28-36)17(23(26)34)22(33)25(35)21(32)15-11(8-24(20,25)27)7-13-12(10-5-6-37-9-10)3-4-14(30)16(13)19(15)31/h3-4,10-11,20,30-31,35H,5-9,27H2,1-2H3,(H2,26,34)/t10?,11-,20+,24+,25-/m0/s1. The monoisotopic (exact) mass is 512 g/mol. The number of Topliss-reactive ketones (excluding diaryl/α,β-unsaturated/α-hetero) is 2. The van der Waals surface area contributed by atoms with Crippen LogP contribution in [-0.2, 0) is 25.5 Å². The van der Waals surface area contributed by atoms with E-state index in [0.717, 1.165) is 12.0 Å². The fraction of sp³-hybridized carbons (Fsp3) is 0.480. The van der Waals surface area contributed by atoms with Gasteiger partial charge in [0.1, 0.15) is 22.8 Å². The van der Waals surface area contributed by atoms with Gasteiger partial charge in [-0.25, -0.2) is 0 Å². The number of phenolic OH excluding ortho intramolecular Hbond substituents is 1. The summed E-state index contributed by atoms with van der Waals surface area (Å²) in [5, 5.41) is 36.6. The molecule has 12 heteroatoms. The van der Waals surface area contributed by atoms with E-state index >= 15 is 0 Å². The zero-order valence-electron chi connectivity index (χ0n) is 20.4. The number of aromatic hydroxyl groups is 1. The van der Waals surface area contributed by atoms with Crippen molar-refractivity contribution in [3.8, 4) is 5.75 Å². The lowest BCUT2D eigenvalue weighted by Crippen LogP contribution is -2.81. The first-order valence-electron chi connectivity index (χ1n) is 11.9. The fourth-order valence-electron chi connectivity index (χ4n) is 6.74. The molecule has 1 unspecified atom stereocenters. The van der Waals surface area contributed by atoms with Crippen LogP contribution in [0.5, 0.6) is 5.75 Å². The van der Waals surface area contributed by atoms with Crippen LogP contribution in [0.2, 0.25) is 0 Å². The van der Waals surface area contributed by atoms with Crippen molar-refractivity contribution in [3.63, 3.8) is 0 Å². The molecule has 3 aliphatic carbocycles. The van der Waals surface area contributed by atoms with Gasteiger partial charge in [0, 0.05) is 18.1 Å². The number of carbonyl (C=O) groups excluding carboxylic acids is 3. The number of nitrogens with two attached hydrogens (primary N) is 2. The minimum Gasteiger partial charge on any atom is -0.507 e. The molecule has 1 aliphatic heterocycles. The molecule has 1 amide bonds. The average molecular weight is 513 g/mol. The number of likely N-dealkylation sites (N-methyl/N-ethyl adjacent to an activating group) is 1. The Morgan fingerprint density at radius 1 is 1.19 bits per heavy atom. The third-order valence-electron chi connectivity index (χ3n) is 8.30. The van der Waals surface area contributed by atoms with Crippen LogP contribution in [0.15, 0.2) is 34.2 Å². The number of nitroso groups, excluding NO2 is 1. The van der Waals surface area contributed by atoms with Crippen molar-refractivity contribution in [2.24, 2.45) is 22.6 Å². The summed E-state index contributed by atoms with van der Waals surface area (Å²) < 4.78 is 5.52. The highest BCUT2D eigenvalue weighted by atomic mass is 16.5. The zero-order chi connectivity index (χ0) is 27.0. The van der Waals surface area contributed by atoms with Gasteiger partial charge in [0.15, 0.2) is 0 Å². The molecule has 0 radical (unpaired) electrons. The first-order chi connectivity index (χ1) is 17.4. The summed E-state index contributed by atoms with van der Waals surface area (Å²) in [5.74, 6) is -5.57. The van der Waals surface area contributed by atoms with E-state index in [1.165, 1.54) is 25.1 Å². The van der Waals surface area contributed by atoms with E-state index in [9.17, 15) is 34.6 Å². The number of aliphatic hydroxyl groups excluding tert-OH is 1. The molecule has 5 atom stereocenters. The molecule has 4 aliphatic rings. The summed E-state index contributed by atoms with van der Waals surface area (Å²) in [6.45, 7) is 1.03. The molecule has 5 rings (SSSR count). The Labute approximate surface area is 211 Å².